The molecule has 6 nitrogen and oxygen atoms in total. The van der Waals surface area contributed by atoms with Crippen LogP contribution in [-0.2, 0) is 28.6 Å². The number of carbonyl (C=O) groups is 3. The van der Waals surface area contributed by atoms with E-state index >= 15 is 0 Å². The second-order valence-corrected chi connectivity index (χ2v) is 6.10. The number of fused-ring (bicyclic) bond motifs is 1. The van der Waals surface area contributed by atoms with Crippen molar-refractivity contribution in [1.82, 2.24) is 0 Å². The minimum atomic E-state index is -0.541. The van der Waals surface area contributed by atoms with E-state index in [0.29, 0.717) is 6.42 Å². The van der Waals surface area contributed by atoms with Crippen molar-refractivity contribution in [3.63, 3.8) is 0 Å². The van der Waals surface area contributed by atoms with Gasteiger partial charge in [-0.05, 0) is 6.42 Å². The van der Waals surface area contributed by atoms with E-state index in [1.807, 2.05) is 0 Å². The largest absolute Gasteiger partial charge is 0.469 e. The van der Waals surface area contributed by atoms with Crippen LogP contribution >= 0.6 is 0 Å². The van der Waals surface area contributed by atoms with E-state index in [0.717, 1.165) is 0 Å². The molecule has 0 radical (unpaired) electrons. The van der Waals surface area contributed by atoms with Gasteiger partial charge in [0.1, 0.15) is 12.2 Å². The number of ether oxygens (including phenoxy) is 3. The minimum Gasteiger partial charge on any atom is -0.469 e. The summed E-state index contributed by atoms with van der Waals surface area (Å²) in [5.41, 5.74) is 0. The molecule has 0 N–H and O–H groups in total. The summed E-state index contributed by atoms with van der Waals surface area (Å²) in [4.78, 5) is 35.6. The van der Waals surface area contributed by atoms with Crippen LogP contribution in [0, 0.1) is 29.6 Å². The molecule has 6 heteroatoms. The molecule has 3 fully saturated rings. The Labute approximate surface area is 116 Å². The maximum Gasteiger partial charge on any atom is 0.310 e. The van der Waals surface area contributed by atoms with Crippen molar-refractivity contribution >= 4 is 17.9 Å². The SMILES string of the molecule is COC(=O)C1C2CC3C(OC(=O)C31)C2OC(=O)C(C)C. The van der Waals surface area contributed by atoms with Gasteiger partial charge in [-0.25, -0.2) is 0 Å². The molecule has 0 aromatic heterocycles. The Kier molecular flexibility index (Phi) is 2.99. The molecule has 20 heavy (non-hydrogen) atoms. The van der Waals surface area contributed by atoms with Crippen LogP contribution < -0.4 is 0 Å². The van der Waals surface area contributed by atoms with E-state index in [4.69, 9.17) is 14.2 Å². The first-order valence-electron chi connectivity index (χ1n) is 6.94. The average Bonchev–Trinajstić information content (AvgIpc) is 3.00. The molecule has 6 unspecified atom stereocenters. The second kappa shape index (κ2) is 4.46. The normalized spacial score (nSPS) is 40.9. The summed E-state index contributed by atoms with van der Waals surface area (Å²) in [6.45, 7) is 3.49. The van der Waals surface area contributed by atoms with Gasteiger partial charge in [0, 0.05) is 11.8 Å². The van der Waals surface area contributed by atoms with Crippen molar-refractivity contribution in [3.05, 3.63) is 0 Å². The predicted octanol–water partition coefficient (Wildman–Crippen LogP) is 0.535. The lowest BCUT2D eigenvalue weighted by Crippen LogP contribution is -2.44. The molecule has 2 aliphatic carbocycles. The Morgan fingerprint density at radius 3 is 2.60 bits per heavy atom. The molecule has 3 aliphatic rings. The van der Waals surface area contributed by atoms with Gasteiger partial charge in [-0.2, -0.15) is 0 Å². The number of rotatable bonds is 3. The Morgan fingerprint density at radius 2 is 2.00 bits per heavy atom. The van der Waals surface area contributed by atoms with Gasteiger partial charge >= 0.3 is 17.9 Å². The molecular formula is C14H18O6. The zero-order valence-electron chi connectivity index (χ0n) is 11.7. The van der Waals surface area contributed by atoms with Crippen LogP contribution in [0.5, 0.6) is 0 Å². The van der Waals surface area contributed by atoms with Gasteiger partial charge in [0.25, 0.3) is 0 Å². The second-order valence-electron chi connectivity index (χ2n) is 6.10. The molecule has 0 aromatic rings. The Morgan fingerprint density at radius 1 is 1.30 bits per heavy atom. The van der Waals surface area contributed by atoms with Crippen LogP contribution in [0.25, 0.3) is 0 Å². The average molecular weight is 282 g/mol. The first kappa shape index (κ1) is 13.4. The van der Waals surface area contributed by atoms with Crippen molar-refractivity contribution in [2.75, 3.05) is 7.11 Å². The third kappa shape index (κ3) is 1.66. The number of carbonyl (C=O) groups excluding carboxylic acids is 3. The van der Waals surface area contributed by atoms with E-state index in [9.17, 15) is 14.4 Å². The minimum absolute atomic E-state index is 0.0263. The van der Waals surface area contributed by atoms with Crippen LogP contribution in [0.3, 0.4) is 0 Å². The predicted molar refractivity (Wildman–Crippen MR) is 65.2 cm³/mol. The van der Waals surface area contributed by atoms with Gasteiger partial charge < -0.3 is 14.2 Å². The summed E-state index contributed by atoms with van der Waals surface area (Å²) in [5, 5.41) is 0. The van der Waals surface area contributed by atoms with Gasteiger partial charge in [0.15, 0.2) is 0 Å². The fraction of sp³-hybridized carbons (Fsp3) is 0.786. The van der Waals surface area contributed by atoms with E-state index in [-0.39, 0.29) is 35.8 Å². The summed E-state index contributed by atoms with van der Waals surface area (Å²) in [6, 6.07) is 0. The molecule has 0 amide bonds. The molecule has 0 aromatic carbocycles. The highest BCUT2D eigenvalue weighted by molar-refractivity contribution is 5.86. The maximum atomic E-state index is 11.9. The van der Waals surface area contributed by atoms with Crippen LogP contribution in [0.2, 0.25) is 0 Å². The van der Waals surface area contributed by atoms with Crippen molar-refractivity contribution in [3.8, 4) is 0 Å². The van der Waals surface area contributed by atoms with Gasteiger partial charge in [-0.1, -0.05) is 13.8 Å². The summed E-state index contributed by atoms with van der Waals surface area (Å²) in [5.74, 6) is -2.51. The topological polar surface area (TPSA) is 78.9 Å². The van der Waals surface area contributed by atoms with Gasteiger partial charge in [0.2, 0.25) is 0 Å². The summed E-state index contributed by atoms with van der Waals surface area (Å²) in [7, 11) is 1.31. The fourth-order valence-electron chi connectivity index (χ4n) is 3.88. The number of methoxy groups -OCH3 is 1. The van der Waals surface area contributed by atoms with Crippen molar-refractivity contribution < 1.29 is 28.6 Å². The maximum absolute atomic E-state index is 11.9. The van der Waals surface area contributed by atoms with E-state index in [1.54, 1.807) is 13.8 Å². The molecule has 6 atom stereocenters. The van der Waals surface area contributed by atoms with E-state index in [1.165, 1.54) is 7.11 Å². The monoisotopic (exact) mass is 282 g/mol. The van der Waals surface area contributed by atoms with Crippen molar-refractivity contribution in [1.29, 1.82) is 0 Å². The number of hydrogen-bond donors (Lipinski definition) is 0. The third-order valence-corrected chi connectivity index (χ3v) is 4.74. The van der Waals surface area contributed by atoms with E-state index < -0.39 is 23.9 Å². The highest BCUT2D eigenvalue weighted by atomic mass is 16.6. The molecule has 110 valence electrons. The first-order valence-corrected chi connectivity index (χ1v) is 6.94. The Bertz CT molecular complexity index is 470. The van der Waals surface area contributed by atoms with Crippen molar-refractivity contribution in [2.45, 2.75) is 32.5 Å². The first-order chi connectivity index (χ1) is 9.45. The highest BCUT2D eigenvalue weighted by Gasteiger charge is 2.70. The fourth-order valence-corrected chi connectivity index (χ4v) is 3.88. The number of esters is 3. The molecular weight excluding hydrogens is 264 g/mol. The van der Waals surface area contributed by atoms with Crippen molar-refractivity contribution in [2.24, 2.45) is 29.6 Å². The van der Waals surface area contributed by atoms with Crippen LogP contribution in [-0.4, -0.2) is 37.2 Å². The summed E-state index contributed by atoms with van der Waals surface area (Å²) < 4.78 is 15.6. The zero-order valence-corrected chi connectivity index (χ0v) is 11.7. The smallest absolute Gasteiger partial charge is 0.310 e. The van der Waals surface area contributed by atoms with E-state index in [2.05, 4.69) is 0 Å². The lowest BCUT2D eigenvalue weighted by molar-refractivity contribution is -0.167. The summed E-state index contributed by atoms with van der Waals surface area (Å²) in [6.07, 6.45) is -0.223. The zero-order chi connectivity index (χ0) is 14.6. The Balaban J connectivity index is 1.86. The molecule has 1 heterocycles. The molecule has 3 rings (SSSR count). The van der Waals surface area contributed by atoms with Crippen LogP contribution in [0.1, 0.15) is 20.3 Å². The molecule has 1 aliphatic heterocycles. The van der Waals surface area contributed by atoms with Gasteiger partial charge in [-0.3, -0.25) is 14.4 Å². The number of hydrogen-bond acceptors (Lipinski definition) is 6. The molecule has 0 spiro atoms. The molecule has 2 saturated carbocycles. The lowest BCUT2D eigenvalue weighted by atomic mass is 9.78. The Hall–Kier alpha value is -1.59. The molecule has 2 bridgehead atoms. The third-order valence-electron chi connectivity index (χ3n) is 4.74. The van der Waals surface area contributed by atoms with Gasteiger partial charge in [0.05, 0.1) is 24.9 Å². The highest BCUT2D eigenvalue weighted by Crippen LogP contribution is 2.58. The van der Waals surface area contributed by atoms with Crippen LogP contribution in [0.15, 0.2) is 0 Å². The van der Waals surface area contributed by atoms with Gasteiger partial charge in [-0.15, -0.1) is 0 Å². The standard InChI is InChI=1S/C14H18O6/c1-5(2)12(15)19-10-6-4-7-9(8(6)13(16)18-3)14(17)20-11(7)10/h5-11H,4H2,1-3H3. The molecule has 1 saturated heterocycles. The van der Waals surface area contributed by atoms with Crippen LogP contribution in [0.4, 0.5) is 0 Å². The quantitative estimate of drug-likeness (QED) is 0.555. The summed E-state index contributed by atoms with van der Waals surface area (Å²) >= 11 is 0. The lowest BCUT2D eigenvalue weighted by Gasteiger charge is -2.30.